The van der Waals surface area contributed by atoms with Gasteiger partial charge in [-0.25, -0.2) is 4.39 Å². The second-order valence-corrected chi connectivity index (χ2v) is 6.36. The molecule has 2 aromatic carbocycles. The largest absolute Gasteiger partial charge is 0.493 e. The lowest BCUT2D eigenvalue weighted by Crippen LogP contribution is -2.21. The standard InChI is InChI=1S/C21H17FN4O3/c1-27-15-8-5-12(9-16(15)28-2)19-18-17(11-3-6-13(22)7-4-11)14(10-23)20(24)29-21(18)26-25-19/h3-9,17H,24H2,1-2H3,(H,25,26). The van der Waals surface area contributed by atoms with Gasteiger partial charge in [0, 0.05) is 5.56 Å². The average Bonchev–Trinajstić information content (AvgIpc) is 3.16. The highest BCUT2D eigenvalue weighted by Gasteiger charge is 2.35. The minimum Gasteiger partial charge on any atom is -0.493 e. The molecule has 29 heavy (non-hydrogen) atoms. The zero-order valence-electron chi connectivity index (χ0n) is 15.7. The Kier molecular flexibility index (Phi) is 4.56. The SMILES string of the molecule is COc1ccc(-c2[nH]nc3c2C(c2ccc(F)cc2)C(C#N)=C(N)O3)cc1OC. The summed E-state index contributed by atoms with van der Waals surface area (Å²) >= 11 is 0. The van der Waals surface area contributed by atoms with E-state index in [4.69, 9.17) is 19.9 Å². The molecule has 0 radical (unpaired) electrons. The average molecular weight is 392 g/mol. The van der Waals surface area contributed by atoms with Crippen molar-refractivity contribution in [3.63, 3.8) is 0 Å². The molecule has 7 nitrogen and oxygen atoms in total. The van der Waals surface area contributed by atoms with Gasteiger partial charge < -0.3 is 19.9 Å². The molecular weight excluding hydrogens is 375 g/mol. The third-order valence-corrected chi connectivity index (χ3v) is 4.81. The van der Waals surface area contributed by atoms with Gasteiger partial charge >= 0.3 is 0 Å². The molecule has 8 heteroatoms. The van der Waals surface area contributed by atoms with Crippen LogP contribution in [0.3, 0.4) is 0 Å². The molecule has 0 spiro atoms. The number of allylic oxidation sites excluding steroid dienone is 1. The van der Waals surface area contributed by atoms with Crippen LogP contribution in [0.5, 0.6) is 17.4 Å². The molecule has 3 aromatic rings. The Morgan fingerprint density at radius 1 is 1.14 bits per heavy atom. The molecule has 0 fully saturated rings. The van der Waals surface area contributed by atoms with Crippen LogP contribution in [0, 0.1) is 17.1 Å². The summed E-state index contributed by atoms with van der Waals surface area (Å²) in [5, 5.41) is 16.9. The van der Waals surface area contributed by atoms with Gasteiger partial charge in [0.25, 0.3) is 0 Å². The summed E-state index contributed by atoms with van der Waals surface area (Å²) in [7, 11) is 3.10. The topological polar surface area (TPSA) is 106 Å². The number of hydrogen-bond acceptors (Lipinski definition) is 6. The number of aromatic amines is 1. The maximum Gasteiger partial charge on any atom is 0.244 e. The fourth-order valence-electron chi connectivity index (χ4n) is 3.45. The molecule has 1 aliphatic rings. The van der Waals surface area contributed by atoms with Gasteiger partial charge in [0.2, 0.25) is 11.8 Å². The number of fused-ring (bicyclic) bond motifs is 1. The summed E-state index contributed by atoms with van der Waals surface area (Å²) < 4.78 is 29.7. The first-order valence-electron chi connectivity index (χ1n) is 8.71. The van der Waals surface area contributed by atoms with Gasteiger partial charge in [-0.3, -0.25) is 5.10 Å². The Labute approximate surface area is 166 Å². The minimum atomic E-state index is -0.564. The van der Waals surface area contributed by atoms with Crippen LogP contribution in [-0.2, 0) is 0 Å². The van der Waals surface area contributed by atoms with E-state index in [0.717, 1.165) is 5.56 Å². The summed E-state index contributed by atoms with van der Waals surface area (Å²) in [6, 6.07) is 13.4. The number of ether oxygens (including phenoxy) is 3. The fourth-order valence-corrected chi connectivity index (χ4v) is 3.45. The number of H-pyrrole nitrogens is 1. The molecular formula is C21H17FN4O3. The Balaban J connectivity index is 1.92. The number of rotatable bonds is 4. The number of nitriles is 1. The fraction of sp³-hybridized carbons (Fsp3) is 0.143. The molecule has 4 rings (SSSR count). The predicted molar refractivity (Wildman–Crippen MR) is 103 cm³/mol. The molecule has 0 bridgehead atoms. The normalized spacial score (nSPS) is 15.3. The smallest absolute Gasteiger partial charge is 0.244 e. The highest BCUT2D eigenvalue weighted by molar-refractivity contribution is 5.72. The Morgan fingerprint density at radius 3 is 2.52 bits per heavy atom. The van der Waals surface area contributed by atoms with Gasteiger partial charge in [-0.2, -0.15) is 5.26 Å². The van der Waals surface area contributed by atoms with Crippen molar-refractivity contribution in [2.45, 2.75) is 5.92 Å². The van der Waals surface area contributed by atoms with Gasteiger partial charge in [0.15, 0.2) is 11.5 Å². The van der Waals surface area contributed by atoms with Gasteiger partial charge in [0.1, 0.15) is 17.5 Å². The third-order valence-electron chi connectivity index (χ3n) is 4.81. The number of aromatic nitrogens is 2. The summed E-state index contributed by atoms with van der Waals surface area (Å²) in [6.07, 6.45) is 0. The van der Waals surface area contributed by atoms with E-state index in [1.54, 1.807) is 38.5 Å². The molecule has 2 heterocycles. The molecule has 1 aromatic heterocycles. The number of hydrogen-bond donors (Lipinski definition) is 2. The van der Waals surface area contributed by atoms with Gasteiger partial charge in [0.05, 0.1) is 31.4 Å². The van der Waals surface area contributed by atoms with E-state index >= 15 is 0 Å². The zero-order chi connectivity index (χ0) is 20.5. The van der Waals surface area contributed by atoms with Gasteiger partial charge in [-0.05, 0) is 35.9 Å². The Morgan fingerprint density at radius 2 is 1.86 bits per heavy atom. The summed E-state index contributed by atoms with van der Waals surface area (Å²) in [4.78, 5) is 0. The van der Waals surface area contributed by atoms with Crippen LogP contribution in [0.1, 0.15) is 17.0 Å². The molecule has 1 aliphatic heterocycles. The molecule has 1 unspecified atom stereocenters. The van der Waals surface area contributed by atoms with Crippen molar-refractivity contribution in [3.05, 3.63) is 70.9 Å². The summed E-state index contributed by atoms with van der Waals surface area (Å²) in [6.45, 7) is 0. The van der Waals surface area contributed by atoms with Crippen LogP contribution in [-0.4, -0.2) is 24.4 Å². The van der Waals surface area contributed by atoms with E-state index in [1.807, 2.05) is 6.07 Å². The lowest BCUT2D eigenvalue weighted by Gasteiger charge is -2.24. The number of nitrogens with one attached hydrogen (secondary N) is 1. The van der Waals surface area contributed by atoms with E-state index < -0.39 is 5.92 Å². The molecule has 0 saturated carbocycles. The van der Waals surface area contributed by atoms with Crippen molar-refractivity contribution in [2.75, 3.05) is 14.2 Å². The summed E-state index contributed by atoms with van der Waals surface area (Å²) in [5.74, 6) is 0.423. The van der Waals surface area contributed by atoms with Crippen molar-refractivity contribution in [1.82, 2.24) is 10.2 Å². The lowest BCUT2D eigenvalue weighted by molar-refractivity contribution is 0.355. The quantitative estimate of drug-likeness (QED) is 0.704. The van der Waals surface area contributed by atoms with Crippen LogP contribution in [0.15, 0.2) is 53.9 Å². The molecule has 0 saturated heterocycles. The van der Waals surface area contributed by atoms with Gasteiger partial charge in [-0.15, -0.1) is 5.10 Å². The van der Waals surface area contributed by atoms with Gasteiger partial charge in [-0.1, -0.05) is 12.1 Å². The number of nitrogens with two attached hydrogens (primary N) is 1. The Hall–Kier alpha value is -3.99. The highest BCUT2D eigenvalue weighted by Crippen LogP contribution is 2.46. The van der Waals surface area contributed by atoms with Crippen LogP contribution in [0.4, 0.5) is 4.39 Å². The maximum atomic E-state index is 13.5. The first kappa shape index (κ1) is 18.4. The van der Waals surface area contributed by atoms with Crippen molar-refractivity contribution in [1.29, 1.82) is 5.26 Å². The van der Waals surface area contributed by atoms with Crippen LogP contribution in [0.2, 0.25) is 0 Å². The molecule has 0 aliphatic carbocycles. The van der Waals surface area contributed by atoms with Crippen molar-refractivity contribution >= 4 is 0 Å². The number of methoxy groups -OCH3 is 2. The lowest BCUT2D eigenvalue weighted by atomic mass is 9.83. The van der Waals surface area contributed by atoms with E-state index in [0.29, 0.717) is 28.3 Å². The number of halogens is 1. The molecule has 3 N–H and O–H groups in total. The highest BCUT2D eigenvalue weighted by atomic mass is 19.1. The Bertz CT molecular complexity index is 1150. The van der Waals surface area contributed by atoms with Crippen LogP contribution >= 0.6 is 0 Å². The second kappa shape index (κ2) is 7.20. The predicted octanol–water partition coefficient (Wildman–Crippen LogP) is 3.45. The van der Waals surface area contributed by atoms with Crippen molar-refractivity contribution in [3.8, 4) is 34.7 Å². The van der Waals surface area contributed by atoms with Crippen molar-refractivity contribution in [2.24, 2.45) is 5.73 Å². The molecule has 0 amide bonds. The second-order valence-electron chi connectivity index (χ2n) is 6.36. The maximum absolute atomic E-state index is 13.5. The van der Waals surface area contributed by atoms with E-state index in [9.17, 15) is 9.65 Å². The first-order valence-corrected chi connectivity index (χ1v) is 8.71. The summed E-state index contributed by atoms with van der Waals surface area (Å²) in [5.41, 5.74) is 8.91. The number of nitrogens with zero attached hydrogens (tertiary/aromatic N) is 2. The van der Waals surface area contributed by atoms with E-state index in [2.05, 4.69) is 16.3 Å². The van der Waals surface area contributed by atoms with Crippen LogP contribution in [0.25, 0.3) is 11.3 Å². The molecule has 1 atom stereocenters. The molecule has 146 valence electrons. The van der Waals surface area contributed by atoms with E-state index in [-0.39, 0.29) is 23.2 Å². The van der Waals surface area contributed by atoms with Crippen LogP contribution < -0.4 is 19.9 Å². The monoisotopic (exact) mass is 392 g/mol. The van der Waals surface area contributed by atoms with Crippen molar-refractivity contribution < 1.29 is 18.6 Å². The first-order chi connectivity index (χ1) is 14.1. The number of benzene rings is 2. The minimum absolute atomic E-state index is 0.0281. The third kappa shape index (κ3) is 3.02. The zero-order valence-corrected chi connectivity index (χ0v) is 15.7. The van der Waals surface area contributed by atoms with E-state index in [1.165, 1.54) is 12.1 Å².